The van der Waals surface area contributed by atoms with Gasteiger partial charge in [0.05, 0.1) is 22.8 Å². The molecule has 2 aromatic carbocycles. The molecule has 0 saturated carbocycles. The Kier molecular flexibility index (Phi) is 23.8. The van der Waals surface area contributed by atoms with Crippen LogP contribution in [0, 0.1) is 0 Å². The number of benzene rings is 2. The van der Waals surface area contributed by atoms with Crippen LogP contribution in [0.5, 0.6) is 0 Å². The number of alkyl carbamates (subject to hydrolysis) is 2. The third-order valence-corrected chi connectivity index (χ3v) is 13.0. The van der Waals surface area contributed by atoms with Crippen LogP contribution in [-0.2, 0) is 31.9 Å². The number of carbonyl (C=O) groups is 4. The largest absolute Gasteiger partial charge is 0.444 e. The fourth-order valence-corrected chi connectivity index (χ4v) is 9.19. The fourth-order valence-electron chi connectivity index (χ4n) is 9.19. The molecule has 0 aliphatic heterocycles. The summed E-state index contributed by atoms with van der Waals surface area (Å²) >= 11 is 0. The predicted molar refractivity (Wildman–Crippen MR) is 310 cm³/mol. The second kappa shape index (κ2) is 31.1. The molecule has 2 unspecified atom stereocenters. The zero-order valence-electron chi connectivity index (χ0n) is 46.8. The number of hydrogen-bond donors (Lipinski definition) is 4. The second-order valence-electron chi connectivity index (χ2n) is 22.0. The SMILES string of the molecule is CC(C)(C)OC(=O)NC(CCCc1cc(-c2ccccn2)cc(-c2ccccn2)c1)C(=O)NCCCCCCCCCCCCNC(=O)C(CCCc1cc(-c2ccccn2)cc(-c2ccccn2)c1)NC(=O)OC(C)(C)C. The van der Waals surface area contributed by atoms with Gasteiger partial charge in [0.1, 0.15) is 23.3 Å². The van der Waals surface area contributed by atoms with Gasteiger partial charge in [-0.15, -0.1) is 0 Å². The van der Waals surface area contributed by atoms with Gasteiger partial charge in [0.2, 0.25) is 11.8 Å². The summed E-state index contributed by atoms with van der Waals surface area (Å²) in [6.45, 7) is 11.9. The second-order valence-corrected chi connectivity index (χ2v) is 22.0. The highest BCUT2D eigenvalue weighted by Crippen LogP contribution is 2.29. The molecule has 14 nitrogen and oxygen atoms in total. The standard InChI is InChI=1S/C64H82N8O6/c1-63(2,3)77-61(75)71-57(33-25-27-47-41-49(53-29-15-21-35-65-53)45-50(42-47)54-30-16-22-36-66-54)59(73)69-39-19-13-11-9-7-8-10-12-14-20-40-70-60(74)58(72-62(76)78-64(4,5)6)34-26-28-48-43-51(55-31-17-23-37-67-55)46-52(44-48)56-32-18-24-38-68-56/h15-18,21-24,29-32,35-38,41-46,57-58H,7-14,19-20,25-28,33-34,39-40H2,1-6H3,(H,69,73)(H,70,74)(H,71,75)(H,72,76). The van der Waals surface area contributed by atoms with Crippen LogP contribution in [0.2, 0.25) is 0 Å². The Balaban J connectivity index is 0.873. The van der Waals surface area contributed by atoms with Crippen molar-refractivity contribution in [2.45, 2.75) is 168 Å². The third kappa shape index (κ3) is 21.9. The highest BCUT2D eigenvalue weighted by molar-refractivity contribution is 5.86. The van der Waals surface area contributed by atoms with Gasteiger partial charge in [-0.25, -0.2) is 9.59 Å². The molecule has 0 radical (unpaired) electrons. The van der Waals surface area contributed by atoms with E-state index >= 15 is 0 Å². The smallest absolute Gasteiger partial charge is 0.408 e. The van der Waals surface area contributed by atoms with Gasteiger partial charge in [0.25, 0.3) is 0 Å². The molecule has 0 aliphatic rings. The van der Waals surface area contributed by atoms with E-state index in [0.717, 1.165) is 120 Å². The Morgan fingerprint density at radius 2 is 0.705 bits per heavy atom. The number of pyridine rings is 4. The lowest BCUT2D eigenvalue weighted by Crippen LogP contribution is -2.48. The van der Waals surface area contributed by atoms with Crippen molar-refractivity contribution < 1.29 is 28.7 Å². The van der Waals surface area contributed by atoms with Crippen molar-refractivity contribution in [1.82, 2.24) is 41.2 Å². The Morgan fingerprint density at radius 3 is 0.974 bits per heavy atom. The van der Waals surface area contributed by atoms with Crippen molar-refractivity contribution >= 4 is 24.0 Å². The van der Waals surface area contributed by atoms with Crippen LogP contribution in [-0.4, -0.2) is 80.3 Å². The Bertz CT molecular complexity index is 2460. The van der Waals surface area contributed by atoms with E-state index in [1.807, 2.05) is 72.8 Å². The monoisotopic (exact) mass is 1060 g/mol. The lowest BCUT2D eigenvalue weighted by atomic mass is 9.97. The molecule has 4 aromatic heterocycles. The minimum absolute atomic E-state index is 0.208. The number of aryl methyl sites for hydroxylation is 2. The first kappa shape index (κ1) is 59.8. The minimum Gasteiger partial charge on any atom is -0.444 e. The van der Waals surface area contributed by atoms with Crippen LogP contribution in [0.25, 0.3) is 45.0 Å². The van der Waals surface area contributed by atoms with Gasteiger partial charge < -0.3 is 30.7 Å². The molecule has 4 heterocycles. The molecule has 0 bridgehead atoms. The van der Waals surface area contributed by atoms with Crippen LogP contribution >= 0.6 is 0 Å². The molecule has 6 rings (SSSR count). The fraction of sp³-hybridized carbons (Fsp3) is 0.438. The topological polar surface area (TPSA) is 186 Å². The molecule has 78 heavy (non-hydrogen) atoms. The van der Waals surface area contributed by atoms with E-state index in [0.29, 0.717) is 51.6 Å². The lowest BCUT2D eigenvalue weighted by molar-refractivity contribution is -0.124. The first-order chi connectivity index (χ1) is 37.6. The van der Waals surface area contributed by atoms with Gasteiger partial charge in [0, 0.05) is 60.1 Å². The number of nitrogens with zero attached hydrogens (tertiary/aromatic N) is 4. The normalized spacial score (nSPS) is 12.2. The number of nitrogens with one attached hydrogen (secondary N) is 4. The number of hydrogen-bond acceptors (Lipinski definition) is 10. The van der Waals surface area contributed by atoms with E-state index in [1.54, 1.807) is 66.3 Å². The zero-order valence-corrected chi connectivity index (χ0v) is 46.8. The van der Waals surface area contributed by atoms with Gasteiger partial charge >= 0.3 is 12.2 Å². The van der Waals surface area contributed by atoms with Crippen molar-refractivity contribution in [3.8, 4) is 45.0 Å². The Hall–Kier alpha value is -7.48. The molecule has 0 spiro atoms. The van der Waals surface area contributed by atoms with E-state index in [-0.39, 0.29) is 11.8 Å². The number of rotatable bonds is 29. The molecule has 0 aliphatic carbocycles. The highest BCUT2D eigenvalue weighted by atomic mass is 16.6. The zero-order chi connectivity index (χ0) is 55.6. The number of carbonyl (C=O) groups excluding carboxylic acids is 4. The first-order valence-electron chi connectivity index (χ1n) is 28.1. The van der Waals surface area contributed by atoms with Crippen LogP contribution in [0.4, 0.5) is 9.59 Å². The molecule has 0 fully saturated rings. The maximum atomic E-state index is 13.5. The predicted octanol–water partition coefficient (Wildman–Crippen LogP) is 13.2. The van der Waals surface area contributed by atoms with Crippen LogP contribution in [0.1, 0.15) is 143 Å². The molecular weight excluding hydrogens is 977 g/mol. The maximum Gasteiger partial charge on any atom is 0.408 e. The molecule has 6 aromatic rings. The average Bonchev–Trinajstić information content (AvgIpc) is 3.43. The summed E-state index contributed by atoms with van der Waals surface area (Å²) in [7, 11) is 0. The molecule has 2 atom stereocenters. The number of aromatic nitrogens is 4. The lowest BCUT2D eigenvalue weighted by Gasteiger charge is -2.23. The van der Waals surface area contributed by atoms with Crippen LogP contribution in [0.15, 0.2) is 134 Å². The number of unbranched alkanes of at least 4 members (excludes halogenated alkanes) is 9. The van der Waals surface area contributed by atoms with E-state index in [4.69, 9.17) is 9.47 Å². The van der Waals surface area contributed by atoms with Crippen molar-refractivity contribution in [2.75, 3.05) is 13.1 Å². The summed E-state index contributed by atoms with van der Waals surface area (Å²) in [5, 5.41) is 11.8. The van der Waals surface area contributed by atoms with Gasteiger partial charge in [-0.1, -0.05) is 75.6 Å². The van der Waals surface area contributed by atoms with Gasteiger partial charge in [-0.3, -0.25) is 29.5 Å². The summed E-state index contributed by atoms with van der Waals surface area (Å²) < 4.78 is 11.1. The summed E-state index contributed by atoms with van der Waals surface area (Å²) in [6, 6.07) is 34.7. The quantitative estimate of drug-likeness (QED) is 0.0329. The van der Waals surface area contributed by atoms with Crippen LogP contribution in [0.3, 0.4) is 0 Å². The van der Waals surface area contributed by atoms with Gasteiger partial charge in [-0.05, 0) is 189 Å². The van der Waals surface area contributed by atoms with E-state index in [2.05, 4.69) is 77.6 Å². The molecule has 4 N–H and O–H groups in total. The molecule has 414 valence electrons. The third-order valence-electron chi connectivity index (χ3n) is 13.0. The van der Waals surface area contributed by atoms with Crippen molar-refractivity contribution in [1.29, 1.82) is 0 Å². The summed E-state index contributed by atoms with van der Waals surface area (Å²) in [6.07, 6.45) is 20.0. The molecule has 0 saturated heterocycles. The van der Waals surface area contributed by atoms with E-state index < -0.39 is 35.5 Å². The average molecular weight is 1060 g/mol. The first-order valence-corrected chi connectivity index (χ1v) is 28.1. The van der Waals surface area contributed by atoms with Crippen molar-refractivity contribution in [3.63, 3.8) is 0 Å². The van der Waals surface area contributed by atoms with Gasteiger partial charge in [0.15, 0.2) is 0 Å². The Labute approximate surface area is 462 Å². The van der Waals surface area contributed by atoms with E-state index in [1.165, 1.54) is 0 Å². The number of amides is 4. The minimum atomic E-state index is -0.736. The molecule has 4 amide bonds. The van der Waals surface area contributed by atoms with Gasteiger partial charge in [-0.2, -0.15) is 0 Å². The maximum absolute atomic E-state index is 13.5. The van der Waals surface area contributed by atoms with Crippen molar-refractivity contribution in [2.24, 2.45) is 0 Å². The summed E-state index contributed by atoms with van der Waals surface area (Å²) in [5.41, 5.74) is 8.26. The molecule has 14 heteroatoms. The van der Waals surface area contributed by atoms with Crippen LogP contribution < -0.4 is 21.3 Å². The summed E-state index contributed by atoms with van der Waals surface area (Å²) in [5.74, 6) is -0.416. The molecular formula is C64H82N8O6. The Morgan fingerprint density at radius 1 is 0.410 bits per heavy atom. The van der Waals surface area contributed by atoms with E-state index in [9.17, 15) is 19.2 Å². The number of ether oxygens (including phenoxy) is 2. The van der Waals surface area contributed by atoms with Crippen molar-refractivity contribution in [3.05, 3.63) is 145 Å². The summed E-state index contributed by atoms with van der Waals surface area (Å²) in [4.78, 5) is 71.2. The highest BCUT2D eigenvalue weighted by Gasteiger charge is 2.26.